The van der Waals surface area contributed by atoms with Gasteiger partial charge in [-0.1, -0.05) is 0 Å². The Morgan fingerprint density at radius 1 is 1.53 bits per heavy atom. The lowest BCUT2D eigenvalue weighted by molar-refractivity contribution is 0.279. The topological polar surface area (TPSA) is 49.2 Å². The van der Waals surface area contributed by atoms with Crippen molar-refractivity contribution in [1.82, 2.24) is 9.97 Å². The summed E-state index contributed by atoms with van der Waals surface area (Å²) in [6, 6.07) is 2.59. The molecule has 1 aromatic heterocycles. The molecule has 2 rings (SSSR count). The van der Waals surface area contributed by atoms with Gasteiger partial charge in [0.25, 0.3) is 0 Å². The maximum Gasteiger partial charge on any atom is 0.133 e. The zero-order chi connectivity index (χ0) is 12.1. The second-order valence-corrected chi connectivity index (χ2v) is 5.10. The van der Waals surface area contributed by atoms with Crippen LogP contribution in [0.2, 0.25) is 0 Å². The number of aliphatic hydroxyl groups is 1. The van der Waals surface area contributed by atoms with Gasteiger partial charge in [0.15, 0.2) is 0 Å². The predicted octanol–water partition coefficient (Wildman–Crippen LogP) is 1.94. The average molecular weight is 253 g/mol. The summed E-state index contributed by atoms with van der Waals surface area (Å²) in [4.78, 5) is 10.9. The summed E-state index contributed by atoms with van der Waals surface area (Å²) >= 11 is 1.64. The van der Waals surface area contributed by atoms with E-state index < -0.39 is 0 Å². The monoisotopic (exact) mass is 253 g/mol. The third-order valence-corrected chi connectivity index (χ3v) is 3.85. The van der Waals surface area contributed by atoms with Crippen molar-refractivity contribution in [2.24, 2.45) is 0 Å². The van der Waals surface area contributed by atoms with E-state index >= 15 is 0 Å². The zero-order valence-electron chi connectivity index (χ0n) is 10.2. The number of hydrogen-bond acceptors (Lipinski definition) is 5. The Hall–Kier alpha value is -0.810. The molecule has 17 heavy (non-hydrogen) atoms. The van der Waals surface area contributed by atoms with E-state index in [0.717, 1.165) is 30.2 Å². The van der Waals surface area contributed by atoms with E-state index in [2.05, 4.69) is 20.9 Å². The molecule has 0 aliphatic carbocycles. The number of nitrogens with zero attached hydrogens (tertiary/aromatic N) is 3. The first-order chi connectivity index (χ1) is 8.35. The molecule has 94 valence electrons. The van der Waals surface area contributed by atoms with Crippen molar-refractivity contribution in [2.45, 2.75) is 36.8 Å². The molecule has 0 aromatic carbocycles. The van der Waals surface area contributed by atoms with Crippen molar-refractivity contribution < 1.29 is 5.11 Å². The first-order valence-corrected chi connectivity index (χ1v) is 7.31. The molecule has 0 bridgehead atoms. The normalized spacial score (nSPS) is 19.9. The predicted molar refractivity (Wildman–Crippen MR) is 70.5 cm³/mol. The van der Waals surface area contributed by atoms with Crippen molar-refractivity contribution in [2.75, 3.05) is 24.3 Å². The molecule has 1 aliphatic heterocycles. The van der Waals surface area contributed by atoms with Crippen LogP contribution in [-0.2, 0) is 0 Å². The first-order valence-electron chi connectivity index (χ1n) is 6.08. The second kappa shape index (κ2) is 6.21. The van der Waals surface area contributed by atoms with Crippen LogP contribution >= 0.6 is 11.8 Å². The van der Waals surface area contributed by atoms with E-state index in [1.165, 1.54) is 12.8 Å². The summed E-state index contributed by atoms with van der Waals surface area (Å²) in [6.07, 6.45) is 8.02. The number of aromatic nitrogens is 2. The summed E-state index contributed by atoms with van der Waals surface area (Å²) in [6.45, 7) is 1.35. The van der Waals surface area contributed by atoms with E-state index in [-0.39, 0.29) is 6.61 Å². The van der Waals surface area contributed by atoms with E-state index in [1.54, 1.807) is 18.1 Å². The minimum Gasteiger partial charge on any atom is -0.396 e. The summed E-state index contributed by atoms with van der Waals surface area (Å²) in [5, 5.41) is 9.93. The maximum absolute atomic E-state index is 8.92. The minimum atomic E-state index is 0.282. The lowest BCUT2D eigenvalue weighted by Crippen LogP contribution is -2.30. The molecule has 1 unspecified atom stereocenters. The molecule has 0 saturated carbocycles. The van der Waals surface area contributed by atoms with Crippen LogP contribution in [0.5, 0.6) is 0 Å². The van der Waals surface area contributed by atoms with Crippen LogP contribution in [0, 0.1) is 0 Å². The summed E-state index contributed by atoms with van der Waals surface area (Å²) in [5.74, 6) is 1.03. The molecule has 0 spiro atoms. The SMILES string of the molecule is CSc1cc(N2CCCC2CCCO)ncn1. The number of hydrogen-bond donors (Lipinski definition) is 1. The molecule has 1 N–H and O–H groups in total. The Bertz CT molecular complexity index is 361. The van der Waals surface area contributed by atoms with Crippen LogP contribution in [-0.4, -0.2) is 40.5 Å². The van der Waals surface area contributed by atoms with Crippen LogP contribution in [0.4, 0.5) is 5.82 Å². The Morgan fingerprint density at radius 2 is 2.41 bits per heavy atom. The van der Waals surface area contributed by atoms with Gasteiger partial charge in [-0.05, 0) is 31.9 Å². The molecule has 1 aliphatic rings. The molecular weight excluding hydrogens is 234 g/mol. The standard InChI is InChI=1S/C12H19N3OS/c1-17-12-8-11(13-9-14-12)15-6-2-4-10(15)5-3-7-16/h8-10,16H,2-7H2,1H3. The zero-order valence-corrected chi connectivity index (χ0v) is 11.0. The van der Waals surface area contributed by atoms with Gasteiger partial charge in [-0.3, -0.25) is 0 Å². The van der Waals surface area contributed by atoms with Gasteiger partial charge in [0, 0.05) is 25.3 Å². The summed E-state index contributed by atoms with van der Waals surface area (Å²) in [5.41, 5.74) is 0. The van der Waals surface area contributed by atoms with E-state index in [9.17, 15) is 0 Å². The smallest absolute Gasteiger partial charge is 0.133 e. The van der Waals surface area contributed by atoms with Crippen molar-refractivity contribution in [3.63, 3.8) is 0 Å². The summed E-state index contributed by atoms with van der Waals surface area (Å²) in [7, 11) is 0. The number of aliphatic hydroxyl groups excluding tert-OH is 1. The van der Waals surface area contributed by atoms with Gasteiger partial charge in [0.1, 0.15) is 17.2 Å². The first kappa shape index (κ1) is 12.6. The van der Waals surface area contributed by atoms with Gasteiger partial charge in [0.05, 0.1) is 0 Å². The fourth-order valence-corrected chi connectivity index (χ4v) is 2.74. The Morgan fingerprint density at radius 3 is 3.18 bits per heavy atom. The van der Waals surface area contributed by atoms with Crippen LogP contribution < -0.4 is 4.90 Å². The van der Waals surface area contributed by atoms with E-state index in [1.807, 2.05) is 6.26 Å². The molecule has 4 nitrogen and oxygen atoms in total. The highest BCUT2D eigenvalue weighted by Crippen LogP contribution is 2.27. The number of rotatable bonds is 5. The number of thioether (sulfide) groups is 1. The van der Waals surface area contributed by atoms with E-state index in [0.29, 0.717) is 6.04 Å². The molecule has 1 saturated heterocycles. The highest BCUT2D eigenvalue weighted by atomic mass is 32.2. The molecule has 0 amide bonds. The van der Waals surface area contributed by atoms with Gasteiger partial charge in [-0.2, -0.15) is 0 Å². The average Bonchev–Trinajstić information content (AvgIpc) is 2.84. The maximum atomic E-state index is 8.92. The molecule has 2 heterocycles. The fourth-order valence-electron chi connectivity index (χ4n) is 2.36. The third kappa shape index (κ3) is 3.10. The molecule has 0 radical (unpaired) electrons. The molecular formula is C12H19N3OS. The third-order valence-electron chi connectivity index (χ3n) is 3.20. The lowest BCUT2D eigenvalue weighted by atomic mass is 10.1. The van der Waals surface area contributed by atoms with Crippen LogP contribution in [0.15, 0.2) is 17.4 Å². The molecule has 5 heteroatoms. The van der Waals surface area contributed by atoms with Gasteiger partial charge in [-0.25, -0.2) is 9.97 Å². The van der Waals surface area contributed by atoms with Gasteiger partial charge >= 0.3 is 0 Å². The molecule has 1 atom stereocenters. The quantitative estimate of drug-likeness (QED) is 0.642. The largest absolute Gasteiger partial charge is 0.396 e. The van der Waals surface area contributed by atoms with Crippen molar-refractivity contribution >= 4 is 17.6 Å². The number of anilines is 1. The Labute approximate surface area is 106 Å². The van der Waals surface area contributed by atoms with E-state index in [4.69, 9.17) is 5.11 Å². The van der Waals surface area contributed by atoms with Crippen LogP contribution in [0.25, 0.3) is 0 Å². The van der Waals surface area contributed by atoms with Gasteiger partial charge in [-0.15, -0.1) is 11.8 Å². The van der Waals surface area contributed by atoms with Gasteiger partial charge in [0.2, 0.25) is 0 Å². The summed E-state index contributed by atoms with van der Waals surface area (Å²) < 4.78 is 0. The van der Waals surface area contributed by atoms with Crippen LogP contribution in [0.1, 0.15) is 25.7 Å². The highest BCUT2D eigenvalue weighted by molar-refractivity contribution is 7.98. The Kier molecular flexibility index (Phi) is 4.62. The lowest BCUT2D eigenvalue weighted by Gasteiger charge is -2.25. The molecule has 1 aromatic rings. The Balaban J connectivity index is 2.08. The highest BCUT2D eigenvalue weighted by Gasteiger charge is 2.25. The van der Waals surface area contributed by atoms with Crippen molar-refractivity contribution in [3.8, 4) is 0 Å². The fraction of sp³-hybridized carbons (Fsp3) is 0.667. The van der Waals surface area contributed by atoms with Crippen molar-refractivity contribution in [1.29, 1.82) is 0 Å². The van der Waals surface area contributed by atoms with Crippen molar-refractivity contribution in [3.05, 3.63) is 12.4 Å². The second-order valence-electron chi connectivity index (χ2n) is 4.27. The molecule has 1 fully saturated rings. The van der Waals surface area contributed by atoms with Gasteiger partial charge < -0.3 is 10.0 Å². The minimum absolute atomic E-state index is 0.282. The van der Waals surface area contributed by atoms with Crippen LogP contribution in [0.3, 0.4) is 0 Å².